The Hall–Kier alpha value is -0.570. The maximum absolute atomic E-state index is 14.2. The zero-order chi connectivity index (χ0) is 21.2. The molecule has 2 N–H and O–H groups in total. The number of nitrogens with zero attached hydrogens (tertiary/aromatic N) is 1. The van der Waals surface area contributed by atoms with Crippen LogP contribution in [0.2, 0.25) is 0 Å². The third kappa shape index (κ3) is 1.76. The van der Waals surface area contributed by atoms with Gasteiger partial charge in [-0.1, -0.05) is 6.92 Å². The minimum absolute atomic E-state index is 0.0708. The quantitative estimate of drug-likeness (QED) is 0.682. The molecule has 6 rings (SSSR count). The lowest BCUT2D eigenvalue weighted by molar-refractivity contribution is -0.305. The third-order valence-electron chi connectivity index (χ3n) is 10.6. The number of likely N-dealkylation sites (N-methyl/N-ethyl adjacent to an activating group) is 1. The summed E-state index contributed by atoms with van der Waals surface area (Å²) in [6.07, 6.45) is 2.44. The van der Waals surface area contributed by atoms with Crippen LogP contribution in [0.5, 0.6) is 0 Å². The van der Waals surface area contributed by atoms with Crippen molar-refractivity contribution < 1.29 is 29.2 Å². The molecule has 12 atom stereocenters. The summed E-state index contributed by atoms with van der Waals surface area (Å²) in [6, 6.07) is -0.410. The van der Waals surface area contributed by atoms with E-state index in [4.69, 9.17) is 14.2 Å². The zero-order valence-corrected chi connectivity index (χ0v) is 18.4. The predicted molar refractivity (Wildman–Crippen MR) is 107 cm³/mol. The molecule has 5 saturated carbocycles. The standard InChI is InChI=1S/C23H35NO6/c1-5-24-10-11-6-7-15(29-3)22-13-8-12-14(28-2)9-21(26,17(13)18(12)30-4)23(27,20(22)24)19(25)16(11)22/h11-18,20,26-27H,5-10H2,1-4H3/t11-,12-,13-,14+,15-,16-,17-,18-,20-,21-,22-,23+/m1/s1. The lowest BCUT2D eigenvalue weighted by atomic mass is 9.45. The van der Waals surface area contributed by atoms with Crippen molar-refractivity contribution in [2.75, 3.05) is 34.4 Å². The number of hydrogen-bond donors (Lipinski definition) is 2. The Morgan fingerprint density at radius 2 is 1.90 bits per heavy atom. The summed E-state index contributed by atoms with van der Waals surface area (Å²) in [5, 5.41) is 24.8. The highest BCUT2D eigenvalue weighted by Gasteiger charge is 2.90. The molecule has 168 valence electrons. The fourth-order valence-electron chi connectivity index (χ4n) is 9.99. The molecule has 0 amide bonds. The van der Waals surface area contributed by atoms with Crippen molar-refractivity contribution in [1.29, 1.82) is 0 Å². The van der Waals surface area contributed by atoms with Crippen LogP contribution in [0.25, 0.3) is 0 Å². The van der Waals surface area contributed by atoms with E-state index in [0.717, 1.165) is 32.4 Å². The summed E-state index contributed by atoms with van der Waals surface area (Å²) in [5.74, 6) is -0.212. The number of rotatable bonds is 4. The Morgan fingerprint density at radius 3 is 2.53 bits per heavy atom. The van der Waals surface area contributed by atoms with E-state index in [-0.39, 0.29) is 60.1 Å². The van der Waals surface area contributed by atoms with Gasteiger partial charge >= 0.3 is 0 Å². The molecule has 0 radical (unpaired) electrons. The molecule has 1 spiro atoms. The number of hydrogen-bond acceptors (Lipinski definition) is 7. The number of carbonyl (C=O) groups is 1. The van der Waals surface area contributed by atoms with Crippen LogP contribution < -0.4 is 0 Å². The van der Waals surface area contributed by atoms with Gasteiger partial charge in [0.05, 0.1) is 24.4 Å². The number of piperidine rings is 1. The normalized spacial score (nSPS) is 60.9. The average Bonchev–Trinajstić information content (AvgIpc) is 3.14. The monoisotopic (exact) mass is 421 g/mol. The molecular formula is C23H35NO6. The number of carbonyl (C=O) groups excluding carboxylic acids is 1. The molecule has 0 aromatic carbocycles. The second-order valence-corrected chi connectivity index (χ2v) is 10.8. The SMILES string of the molecule is CCN1C[C@H]2CC[C@@H](OC)[C@]34[C@@H]5C[C@H]6[C@@H](OC)[C@@H]5[C@](O)(C[C@@H]6OC)[C@](O)(C(=O)[C@@H]23)[C@H]14. The van der Waals surface area contributed by atoms with Gasteiger partial charge in [-0.25, -0.2) is 0 Å². The topological polar surface area (TPSA) is 88.5 Å². The lowest BCUT2D eigenvalue weighted by Gasteiger charge is -2.67. The van der Waals surface area contributed by atoms with Gasteiger partial charge < -0.3 is 24.4 Å². The van der Waals surface area contributed by atoms with Crippen molar-refractivity contribution in [3.8, 4) is 0 Å². The number of likely N-dealkylation sites (tertiary alicyclic amines) is 1. The minimum atomic E-state index is -1.81. The van der Waals surface area contributed by atoms with Gasteiger partial charge in [0.25, 0.3) is 0 Å². The Bertz CT molecular complexity index is 777. The largest absolute Gasteiger partial charge is 0.386 e. The van der Waals surface area contributed by atoms with Gasteiger partial charge in [0.15, 0.2) is 11.4 Å². The average molecular weight is 422 g/mol. The molecule has 7 heteroatoms. The Labute approximate surface area is 178 Å². The molecule has 5 aliphatic carbocycles. The first-order chi connectivity index (χ1) is 14.4. The van der Waals surface area contributed by atoms with Crippen LogP contribution in [0.15, 0.2) is 0 Å². The van der Waals surface area contributed by atoms with Crippen molar-refractivity contribution in [2.45, 2.75) is 68.2 Å². The van der Waals surface area contributed by atoms with Crippen LogP contribution >= 0.6 is 0 Å². The number of ketones is 1. The fourth-order valence-corrected chi connectivity index (χ4v) is 9.99. The van der Waals surface area contributed by atoms with Crippen molar-refractivity contribution in [1.82, 2.24) is 4.90 Å². The van der Waals surface area contributed by atoms with Crippen molar-refractivity contribution in [3.63, 3.8) is 0 Å². The minimum Gasteiger partial charge on any atom is -0.386 e. The molecule has 0 aromatic rings. The summed E-state index contributed by atoms with van der Waals surface area (Å²) in [6.45, 7) is 3.66. The molecule has 6 aliphatic rings. The van der Waals surface area contributed by atoms with E-state index >= 15 is 0 Å². The van der Waals surface area contributed by atoms with Crippen molar-refractivity contribution in [2.24, 2.45) is 35.0 Å². The number of fused-ring (bicyclic) bond motifs is 2. The van der Waals surface area contributed by atoms with Gasteiger partial charge in [0.2, 0.25) is 0 Å². The van der Waals surface area contributed by atoms with Gasteiger partial charge in [-0.3, -0.25) is 9.69 Å². The van der Waals surface area contributed by atoms with Crippen LogP contribution in [0, 0.1) is 35.0 Å². The van der Waals surface area contributed by atoms with Gasteiger partial charge in [-0.15, -0.1) is 0 Å². The highest BCUT2D eigenvalue weighted by molar-refractivity contribution is 5.97. The first kappa shape index (κ1) is 20.1. The molecule has 0 aromatic heterocycles. The predicted octanol–water partition coefficient (Wildman–Crippen LogP) is 0.463. The summed E-state index contributed by atoms with van der Waals surface area (Å²) in [7, 11) is 5.10. The Kier molecular flexibility index (Phi) is 4.05. The second-order valence-electron chi connectivity index (χ2n) is 10.8. The Balaban J connectivity index is 1.66. The molecule has 0 unspecified atom stereocenters. The van der Waals surface area contributed by atoms with Crippen LogP contribution in [-0.4, -0.2) is 90.9 Å². The first-order valence-corrected chi connectivity index (χ1v) is 11.7. The molecule has 7 nitrogen and oxygen atoms in total. The molecule has 30 heavy (non-hydrogen) atoms. The van der Waals surface area contributed by atoms with E-state index in [1.807, 2.05) is 0 Å². The zero-order valence-electron chi connectivity index (χ0n) is 18.4. The number of aliphatic hydroxyl groups is 2. The molecule has 7 bridgehead atoms. The highest BCUT2D eigenvalue weighted by Crippen LogP contribution is 2.77. The van der Waals surface area contributed by atoms with Gasteiger partial charge in [-0.05, 0) is 37.6 Å². The van der Waals surface area contributed by atoms with Crippen molar-refractivity contribution in [3.05, 3.63) is 0 Å². The van der Waals surface area contributed by atoms with E-state index in [0.29, 0.717) is 0 Å². The summed E-state index contributed by atoms with van der Waals surface area (Å²) in [4.78, 5) is 16.5. The summed E-state index contributed by atoms with van der Waals surface area (Å²) in [5.41, 5.74) is -3.83. The maximum atomic E-state index is 14.2. The molecule has 1 heterocycles. The maximum Gasteiger partial charge on any atom is 0.173 e. The fraction of sp³-hybridized carbons (Fsp3) is 0.957. The second kappa shape index (κ2) is 6.06. The highest BCUT2D eigenvalue weighted by atomic mass is 16.5. The lowest BCUT2D eigenvalue weighted by Crippen LogP contribution is -2.81. The summed E-state index contributed by atoms with van der Waals surface area (Å²) < 4.78 is 17.9. The van der Waals surface area contributed by atoms with Gasteiger partial charge in [-0.2, -0.15) is 0 Å². The number of methoxy groups -OCH3 is 3. The number of Topliss-reactive ketones (excluding diaryl/α,β-unsaturated/α-hetero) is 1. The van der Waals surface area contributed by atoms with Crippen molar-refractivity contribution >= 4 is 5.78 Å². The van der Waals surface area contributed by atoms with Crippen LogP contribution in [0.3, 0.4) is 0 Å². The number of ether oxygens (including phenoxy) is 3. The van der Waals surface area contributed by atoms with Crippen LogP contribution in [-0.2, 0) is 19.0 Å². The van der Waals surface area contributed by atoms with E-state index in [9.17, 15) is 15.0 Å². The Morgan fingerprint density at radius 1 is 1.13 bits per heavy atom. The van der Waals surface area contributed by atoms with Crippen LogP contribution in [0.1, 0.15) is 32.6 Å². The van der Waals surface area contributed by atoms with E-state index < -0.39 is 22.7 Å². The molecule has 6 fully saturated rings. The van der Waals surface area contributed by atoms with E-state index in [1.165, 1.54) is 0 Å². The molecule has 1 aliphatic heterocycles. The van der Waals surface area contributed by atoms with E-state index in [1.54, 1.807) is 21.3 Å². The summed E-state index contributed by atoms with van der Waals surface area (Å²) >= 11 is 0. The van der Waals surface area contributed by atoms with Crippen LogP contribution in [0.4, 0.5) is 0 Å². The van der Waals surface area contributed by atoms with Gasteiger partial charge in [0.1, 0.15) is 5.60 Å². The smallest absolute Gasteiger partial charge is 0.173 e. The third-order valence-corrected chi connectivity index (χ3v) is 10.6. The first-order valence-electron chi connectivity index (χ1n) is 11.7. The van der Waals surface area contributed by atoms with Gasteiger partial charge in [0, 0.05) is 57.5 Å². The van der Waals surface area contributed by atoms with E-state index in [2.05, 4.69) is 11.8 Å². The molecular weight excluding hydrogens is 386 g/mol. The molecule has 1 saturated heterocycles.